The van der Waals surface area contributed by atoms with E-state index in [1.54, 1.807) is 55.5 Å². The van der Waals surface area contributed by atoms with Crippen LogP contribution in [0.3, 0.4) is 0 Å². The second kappa shape index (κ2) is 11.2. The van der Waals surface area contributed by atoms with Crippen LogP contribution in [0.4, 0.5) is 0 Å². The molecule has 5 rings (SSSR count). The van der Waals surface area contributed by atoms with E-state index in [9.17, 15) is 9.59 Å². The third-order valence-corrected chi connectivity index (χ3v) is 7.18. The molecule has 2 heterocycles. The molecule has 5 aromatic rings. The van der Waals surface area contributed by atoms with Crippen LogP contribution < -0.4 is 15.8 Å². The van der Waals surface area contributed by atoms with Gasteiger partial charge in [0.05, 0.1) is 50.4 Å². The molecule has 0 aliphatic rings. The summed E-state index contributed by atoms with van der Waals surface area (Å²) >= 11 is 19.3. The number of H-pyrrole nitrogens is 1. The minimum atomic E-state index is -0.546. The molecule has 0 aliphatic heterocycles. The number of fused-ring (bicyclic) bond motifs is 1. The maximum absolute atomic E-state index is 13.3. The minimum Gasteiger partial charge on any atom is -0.495 e. The molecule has 0 spiro atoms. The summed E-state index contributed by atoms with van der Waals surface area (Å²) in [6.07, 6.45) is 1.53. The van der Waals surface area contributed by atoms with Gasteiger partial charge < -0.3 is 20.8 Å². The number of primary amides is 1. The average Bonchev–Trinajstić information content (AvgIpc) is 3.53. The van der Waals surface area contributed by atoms with Crippen molar-refractivity contribution in [3.05, 3.63) is 98.3 Å². The second-order valence-corrected chi connectivity index (χ2v) is 10.1. The van der Waals surface area contributed by atoms with Crippen LogP contribution in [0.25, 0.3) is 16.7 Å². The number of halogens is 3. The number of aryl methyl sites for hydroxylation is 1. The number of carbonyl (C=O) groups excluding carboxylic acids is 2. The number of hydrogen-bond donors (Lipinski definition) is 3. The number of amides is 2. The Morgan fingerprint density at radius 2 is 1.77 bits per heavy atom. The Balaban J connectivity index is 1.46. The van der Waals surface area contributed by atoms with Crippen molar-refractivity contribution in [3.8, 4) is 11.4 Å². The molecule has 3 aromatic carbocycles. The normalized spacial score (nSPS) is 11.9. The lowest BCUT2D eigenvalue weighted by Crippen LogP contribution is -2.30. The monoisotopic (exact) mass is 597 g/mol. The molecule has 40 heavy (non-hydrogen) atoms. The Labute approximate surface area is 243 Å². The number of nitrogens with two attached hydrogens (primary N) is 1. The summed E-state index contributed by atoms with van der Waals surface area (Å²) in [5.41, 5.74) is 8.55. The number of benzene rings is 3. The highest BCUT2D eigenvalue weighted by atomic mass is 35.5. The highest BCUT2D eigenvalue weighted by Gasteiger charge is 2.23. The molecule has 2 amide bonds. The van der Waals surface area contributed by atoms with Crippen LogP contribution in [0.15, 0.2) is 54.9 Å². The number of aromatic nitrogens is 5. The van der Waals surface area contributed by atoms with Crippen molar-refractivity contribution < 1.29 is 14.3 Å². The smallest absolute Gasteiger partial charge is 0.254 e. The molecule has 0 saturated heterocycles. The Kier molecular flexibility index (Phi) is 7.66. The number of carbonyl (C=O) groups is 2. The Hall–Kier alpha value is -4.12. The number of hydrogen-bond acceptors (Lipinski definition) is 6. The van der Waals surface area contributed by atoms with Crippen molar-refractivity contribution in [2.75, 3.05) is 13.7 Å². The van der Waals surface area contributed by atoms with Gasteiger partial charge in [-0.05, 0) is 42.8 Å². The summed E-state index contributed by atoms with van der Waals surface area (Å²) in [6.45, 7) is 1.88. The Morgan fingerprint density at radius 3 is 2.38 bits per heavy atom. The zero-order chi connectivity index (χ0) is 28.6. The number of rotatable bonds is 8. The highest BCUT2D eigenvalue weighted by Crippen LogP contribution is 2.32. The lowest BCUT2D eigenvalue weighted by atomic mass is 9.96. The van der Waals surface area contributed by atoms with Gasteiger partial charge in [-0.15, -0.1) is 0 Å². The lowest BCUT2D eigenvalue weighted by molar-refractivity contribution is 0.0951. The lowest BCUT2D eigenvalue weighted by Gasteiger charge is -2.17. The fraction of sp³-hybridized carbons (Fsp3) is 0.148. The van der Waals surface area contributed by atoms with Gasteiger partial charge in [0.25, 0.3) is 5.91 Å². The third kappa shape index (κ3) is 5.46. The summed E-state index contributed by atoms with van der Waals surface area (Å²) in [7, 11) is 1.52. The van der Waals surface area contributed by atoms with Crippen molar-refractivity contribution in [1.29, 1.82) is 0 Å². The average molecular weight is 599 g/mol. The number of ether oxygens (including phenoxy) is 1. The van der Waals surface area contributed by atoms with E-state index >= 15 is 0 Å². The van der Waals surface area contributed by atoms with Crippen molar-refractivity contribution in [3.63, 3.8) is 0 Å². The summed E-state index contributed by atoms with van der Waals surface area (Å²) in [6, 6.07) is 13.4. The molecular weight excluding hydrogens is 577 g/mol. The first-order valence-corrected chi connectivity index (χ1v) is 13.1. The topological polar surface area (TPSA) is 141 Å². The van der Waals surface area contributed by atoms with Crippen LogP contribution in [-0.4, -0.2) is 50.2 Å². The number of methoxy groups -OCH3 is 1. The molecule has 0 bridgehead atoms. The van der Waals surface area contributed by atoms with E-state index in [1.165, 1.54) is 18.1 Å². The molecule has 4 N–H and O–H groups in total. The largest absolute Gasteiger partial charge is 0.495 e. The van der Waals surface area contributed by atoms with E-state index in [0.717, 1.165) is 5.56 Å². The van der Waals surface area contributed by atoms with Crippen LogP contribution in [0.1, 0.15) is 43.8 Å². The fourth-order valence-electron chi connectivity index (χ4n) is 4.27. The highest BCUT2D eigenvalue weighted by molar-refractivity contribution is 6.40. The van der Waals surface area contributed by atoms with Gasteiger partial charge in [-0.3, -0.25) is 9.59 Å². The van der Waals surface area contributed by atoms with E-state index in [-0.39, 0.29) is 22.2 Å². The van der Waals surface area contributed by atoms with Crippen LogP contribution in [0.5, 0.6) is 5.75 Å². The maximum atomic E-state index is 13.3. The quantitative estimate of drug-likeness (QED) is 0.227. The molecule has 0 radical (unpaired) electrons. The van der Waals surface area contributed by atoms with Crippen molar-refractivity contribution in [2.24, 2.45) is 5.73 Å². The molecule has 0 fully saturated rings. The predicted molar refractivity (Wildman–Crippen MR) is 153 cm³/mol. The fourth-order valence-corrected chi connectivity index (χ4v) is 5.15. The molecule has 1 atom stereocenters. The van der Waals surface area contributed by atoms with E-state index < -0.39 is 17.7 Å². The van der Waals surface area contributed by atoms with Gasteiger partial charge in [0, 0.05) is 18.2 Å². The Bertz CT molecular complexity index is 1730. The molecule has 0 aliphatic carbocycles. The minimum absolute atomic E-state index is 0.118. The van der Waals surface area contributed by atoms with Gasteiger partial charge in [0.2, 0.25) is 5.91 Å². The number of nitrogens with zero attached hydrogens (tertiary/aromatic N) is 4. The zero-order valence-corrected chi connectivity index (χ0v) is 23.5. The van der Waals surface area contributed by atoms with Gasteiger partial charge in [0.15, 0.2) is 0 Å². The molecule has 10 nitrogen and oxygen atoms in total. The molecular formula is C27H22Cl3N7O3. The van der Waals surface area contributed by atoms with Gasteiger partial charge in [0.1, 0.15) is 23.7 Å². The second-order valence-electron chi connectivity index (χ2n) is 8.90. The summed E-state index contributed by atoms with van der Waals surface area (Å²) in [5.74, 6) is 0.150. The Morgan fingerprint density at radius 1 is 1.07 bits per heavy atom. The molecule has 13 heteroatoms. The first-order chi connectivity index (χ1) is 19.1. The van der Waals surface area contributed by atoms with Gasteiger partial charge in [-0.2, -0.15) is 5.10 Å². The van der Waals surface area contributed by atoms with Crippen LogP contribution >= 0.6 is 34.8 Å². The molecule has 0 saturated carbocycles. The number of aromatic amines is 1. The zero-order valence-electron chi connectivity index (χ0n) is 21.2. The molecule has 0 unspecified atom stereocenters. The van der Waals surface area contributed by atoms with Crippen LogP contribution in [-0.2, 0) is 0 Å². The van der Waals surface area contributed by atoms with E-state index in [4.69, 9.17) is 50.3 Å². The van der Waals surface area contributed by atoms with Crippen LogP contribution in [0.2, 0.25) is 15.1 Å². The van der Waals surface area contributed by atoms with Gasteiger partial charge in [-0.1, -0.05) is 46.9 Å². The SMILES string of the molecule is COc1cc2nc([C@@H](CNC(=O)c3c(Cl)cc(-n4cnc(C)n4)cc3Cl)c3ccc(C(N)=O)cc3)[nH]c2cc1Cl. The standard InChI is InChI=1S/C27H22Cl3N7O3/c1-13-33-12-37(36-13)16-7-19(29)24(20(30)8-16)27(39)32-11-17(14-3-5-15(6-4-14)25(31)38)26-34-21-9-18(28)23(40-2)10-22(21)35-26/h3-10,12,17H,11H2,1-2H3,(H2,31,38)(H,32,39)(H,34,35)/t17-/m0/s1. The van der Waals surface area contributed by atoms with Gasteiger partial charge in [-0.25, -0.2) is 14.6 Å². The maximum Gasteiger partial charge on any atom is 0.254 e. The molecule has 204 valence electrons. The van der Waals surface area contributed by atoms with E-state index in [1.807, 2.05) is 0 Å². The van der Waals surface area contributed by atoms with Gasteiger partial charge >= 0.3 is 0 Å². The summed E-state index contributed by atoms with van der Waals surface area (Å²) in [5, 5.41) is 7.89. The third-order valence-electron chi connectivity index (χ3n) is 6.29. The summed E-state index contributed by atoms with van der Waals surface area (Å²) < 4.78 is 6.83. The molecule has 2 aromatic heterocycles. The van der Waals surface area contributed by atoms with Crippen LogP contribution in [0, 0.1) is 6.92 Å². The predicted octanol–water partition coefficient (Wildman–Crippen LogP) is 5.08. The first-order valence-electron chi connectivity index (χ1n) is 11.9. The van der Waals surface area contributed by atoms with Crippen molar-refractivity contribution in [1.82, 2.24) is 30.0 Å². The first kappa shape index (κ1) is 27.4. The van der Waals surface area contributed by atoms with E-state index in [2.05, 4.69) is 20.4 Å². The van der Waals surface area contributed by atoms with Crippen molar-refractivity contribution in [2.45, 2.75) is 12.8 Å². The summed E-state index contributed by atoms with van der Waals surface area (Å²) in [4.78, 5) is 37.0. The number of imidazole rings is 1. The van der Waals surface area contributed by atoms with Crippen molar-refractivity contribution >= 4 is 57.7 Å². The number of nitrogens with one attached hydrogen (secondary N) is 2. The van der Waals surface area contributed by atoms with E-state index in [0.29, 0.717) is 44.7 Å².